The number of amides is 1. The lowest BCUT2D eigenvalue weighted by Gasteiger charge is -2.21. The van der Waals surface area contributed by atoms with E-state index >= 15 is 0 Å². The summed E-state index contributed by atoms with van der Waals surface area (Å²) in [5.74, 6) is -0.113. The van der Waals surface area contributed by atoms with Crippen molar-refractivity contribution in [2.75, 3.05) is 0 Å². The lowest BCUT2D eigenvalue weighted by atomic mass is 9.95. The highest BCUT2D eigenvalue weighted by Crippen LogP contribution is 2.28. The number of nitro groups is 1. The van der Waals surface area contributed by atoms with Gasteiger partial charge in [0.05, 0.1) is 4.92 Å². The minimum atomic E-state index is -0.423. The maximum atomic E-state index is 12.5. The number of benzene rings is 2. The molecule has 2 fully saturated rings. The smallest absolute Gasteiger partial charge is 0.270 e. The summed E-state index contributed by atoms with van der Waals surface area (Å²) in [4.78, 5) is 22.9. The van der Waals surface area contributed by atoms with E-state index in [-0.39, 0.29) is 17.6 Å². The molecule has 0 saturated carbocycles. The molecule has 0 aromatic heterocycles. The Morgan fingerprint density at radius 1 is 1.17 bits per heavy atom. The summed E-state index contributed by atoms with van der Waals surface area (Å²) in [5, 5.41) is 19.1. The molecule has 6 nitrogen and oxygen atoms in total. The van der Waals surface area contributed by atoms with E-state index in [4.69, 9.17) is 0 Å². The molecule has 2 aromatic rings. The second kappa shape index (κ2) is 5.31. The van der Waals surface area contributed by atoms with Crippen molar-refractivity contribution in [1.29, 1.82) is 0 Å². The van der Waals surface area contributed by atoms with Crippen molar-refractivity contribution in [3.8, 4) is 0 Å². The summed E-state index contributed by atoms with van der Waals surface area (Å²) in [6, 6.07) is 11.1. The highest BCUT2D eigenvalue weighted by atomic mass is 16.6. The number of hydrogen-bond donors (Lipinski definition) is 2. The second-order valence-electron chi connectivity index (χ2n) is 6.37. The summed E-state index contributed by atoms with van der Waals surface area (Å²) >= 11 is 0. The van der Waals surface area contributed by atoms with Crippen molar-refractivity contribution in [3.63, 3.8) is 0 Å². The van der Waals surface area contributed by atoms with Crippen LogP contribution in [0.2, 0.25) is 0 Å². The van der Waals surface area contributed by atoms with Gasteiger partial charge in [0.1, 0.15) is 0 Å². The number of nitrogens with one attached hydrogen (secondary N) is 2. The molecule has 23 heavy (non-hydrogen) atoms. The Morgan fingerprint density at radius 2 is 2.00 bits per heavy atom. The van der Waals surface area contributed by atoms with Gasteiger partial charge in [0, 0.05) is 35.8 Å². The first kappa shape index (κ1) is 14.1. The third kappa shape index (κ3) is 2.55. The molecular formula is C17H17N3O3. The van der Waals surface area contributed by atoms with Crippen LogP contribution < -0.4 is 10.6 Å². The van der Waals surface area contributed by atoms with Gasteiger partial charge in [0.15, 0.2) is 0 Å². The van der Waals surface area contributed by atoms with Gasteiger partial charge in [-0.2, -0.15) is 0 Å². The van der Waals surface area contributed by atoms with E-state index in [1.54, 1.807) is 18.2 Å². The van der Waals surface area contributed by atoms with Crippen molar-refractivity contribution in [1.82, 2.24) is 10.6 Å². The van der Waals surface area contributed by atoms with Crippen LogP contribution in [0, 0.1) is 10.1 Å². The molecule has 2 bridgehead atoms. The van der Waals surface area contributed by atoms with Gasteiger partial charge in [-0.25, -0.2) is 0 Å². The van der Waals surface area contributed by atoms with Crippen LogP contribution in [-0.4, -0.2) is 29.0 Å². The molecule has 0 aliphatic carbocycles. The van der Waals surface area contributed by atoms with Gasteiger partial charge in [-0.15, -0.1) is 0 Å². The SMILES string of the molecule is O=C(NC1CC2CCC1N2)c1ccc2ccc([N+](=O)[O-])cc2c1. The zero-order valence-corrected chi connectivity index (χ0v) is 12.5. The van der Waals surface area contributed by atoms with Crippen molar-refractivity contribution < 1.29 is 9.72 Å². The molecule has 2 saturated heterocycles. The number of hydrogen-bond acceptors (Lipinski definition) is 4. The Balaban J connectivity index is 1.58. The number of nitrogens with zero attached hydrogens (tertiary/aromatic N) is 1. The fraction of sp³-hybridized carbons (Fsp3) is 0.353. The van der Waals surface area contributed by atoms with Crippen molar-refractivity contribution in [3.05, 3.63) is 52.1 Å². The lowest BCUT2D eigenvalue weighted by Crippen LogP contribution is -2.42. The fourth-order valence-corrected chi connectivity index (χ4v) is 3.72. The maximum absolute atomic E-state index is 12.5. The van der Waals surface area contributed by atoms with Gasteiger partial charge in [0.2, 0.25) is 0 Å². The predicted octanol–water partition coefficient (Wildman–Crippen LogP) is 2.37. The van der Waals surface area contributed by atoms with Crippen LogP contribution in [0.5, 0.6) is 0 Å². The van der Waals surface area contributed by atoms with Crippen LogP contribution in [0.15, 0.2) is 36.4 Å². The van der Waals surface area contributed by atoms with E-state index < -0.39 is 4.92 Å². The molecule has 0 radical (unpaired) electrons. The first-order valence-corrected chi connectivity index (χ1v) is 7.85. The zero-order chi connectivity index (χ0) is 16.0. The maximum Gasteiger partial charge on any atom is 0.270 e. The van der Waals surface area contributed by atoms with Crippen LogP contribution in [-0.2, 0) is 0 Å². The Morgan fingerprint density at radius 3 is 2.70 bits per heavy atom. The Kier molecular flexibility index (Phi) is 3.27. The second-order valence-corrected chi connectivity index (χ2v) is 6.37. The molecule has 3 atom stereocenters. The summed E-state index contributed by atoms with van der Waals surface area (Å²) in [7, 11) is 0. The molecule has 1 amide bonds. The number of carbonyl (C=O) groups excluding carboxylic acids is 1. The van der Waals surface area contributed by atoms with E-state index in [0.717, 1.165) is 18.2 Å². The normalized spacial score (nSPS) is 25.7. The quantitative estimate of drug-likeness (QED) is 0.673. The molecular weight excluding hydrogens is 294 g/mol. The van der Waals surface area contributed by atoms with Gasteiger partial charge in [-0.1, -0.05) is 6.07 Å². The first-order chi connectivity index (χ1) is 11.1. The minimum Gasteiger partial charge on any atom is -0.348 e. The molecule has 2 aliphatic rings. The number of rotatable bonds is 3. The number of nitro benzene ring substituents is 1. The Hall–Kier alpha value is -2.47. The van der Waals surface area contributed by atoms with Crippen molar-refractivity contribution >= 4 is 22.4 Å². The predicted molar refractivity (Wildman–Crippen MR) is 86.4 cm³/mol. The van der Waals surface area contributed by atoms with Gasteiger partial charge in [-0.3, -0.25) is 14.9 Å². The van der Waals surface area contributed by atoms with E-state index in [0.29, 0.717) is 23.0 Å². The molecule has 118 valence electrons. The molecule has 3 unspecified atom stereocenters. The van der Waals surface area contributed by atoms with Gasteiger partial charge in [-0.05, 0) is 48.2 Å². The number of carbonyl (C=O) groups is 1. The van der Waals surface area contributed by atoms with Gasteiger partial charge < -0.3 is 10.6 Å². The highest BCUT2D eigenvalue weighted by molar-refractivity contribution is 5.99. The number of fused-ring (bicyclic) bond motifs is 3. The standard InChI is InChI=1S/C17H17N3O3/c21-17(19-16-9-13-4-6-15(16)18-13)11-2-1-10-3-5-14(20(22)23)8-12(10)7-11/h1-3,5,7-8,13,15-16,18H,4,6,9H2,(H,19,21). The summed E-state index contributed by atoms with van der Waals surface area (Å²) < 4.78 is 0. The topological polar surface area (TPSA) is 84.3 Å². The van der Waals surface area contributed by atoms with Crippen LogP contribution in [0.4, 0.5) is 5.69 Å². The summed E-state index contributed by atoms with van der Waals surface area (Å²) in [6.45, 7) is 0. The third-order valence-electron chi connectivity index (χ3n) is 4.91. The van der Waals surface area contributed by atoms with Gasteiger partial charge >= 0.3 is 0 Å². The van der Waals surface area contributed by atoms with E-state index in [2.05, 4.69) is 10.6 Å². The fourth-order valence-electron chi connectivity index (χ4n) is 3.72. The van der Waals surface area contributed by atoms with Crippen LogP contribution in [0.3, 0.4) is 0 Å². The molecule has 4 rings (SSSR count). The van der Waals surface area contributed by atoms with E-state index in [1.807, 2.05) is 6.07 Å². The third-order valence-corrected chi connectivity index (χ3v) is 4.91. The molecule has 2 aromatic carbocycles. The number of non-ortho nitro benzene ring substituents is 1. The van der Waals surface area contributed by atoms with Gasteiger partial charge in [0.25, 0.3) is 11.6 Å². The monoisotopic (exact) mass is 311 g/mol. The molecule has 6 heteroatoms. The summed E-state index contributed by atoms with van der Waals surface area (Å²) in [6.07, 6.45) is 3.28. The van der Waals surface area contributed by atoms with Crippen molar-refractivity contribution in [2.24, 2.45) is 0 Å². The molecule has 2 heterocycles. The molecule has 0 spiro atoms. The Bertz CT molecular complexity index is 805. The van der Waals surface area contributed by atoms with Crippen LogP contribution in [0.25, 0.3) is 10.8 Å². The first-order valence-electron chi connectivity index (χ1n) is 7.85. The highest BCUT2D eigenvalue weighted by Gasteiger charge is 2.39. The minimum absolute atomic E-state index is 0.0346. The van der Waals surface area contributed by atoms with E-state index in [1.165, 1.54) is 18.6 Å². The lowest BCUT2D eigenvalue weighted by molar-refractivity contribution is -0.384. The van der Waals surface area contributed by atoms with E-state index in [9.17, 15) is 14.9 Å². The zero-order valence-electron chi connectivity index (χ0n) is 12.5. The van der Waals surface area contributed by atoms with Crippen molar-refractivity contribution in [2.45, 2.75) is 37.4 Å². The average Bonchev–Trinajstić information content (AvgIpc) is 3.16. The Labute approximate surface area is 133 Å². The van der Waals surface area contributed by atoms with Crippen LogP contribution in [0.1, 0.15) is 29.6 Å². The average molecular weight is 311 g/mol. The van der Waals surface area contributed by atoms with Crippen LogP contribution >= 0.6 is 0 Å². The largest absolute Gasteiger partial charge is 0.348 e. The molecule has 2 N–H and O–H groups in total. The molecule has 2 aliphatic heterocycles. The summed E-state index contributed by atoms with van der Waals surface area (Å²) in [5.41, 5.74) is 0.577.